The first-order chi connectivity index (χ1) is 14.9. The molecule has 9 nitrogen and oxygen atoms in total. The molecule has 2 atom stereocenters. The van der Waals surface area contributed by atoms with E-state index in [1.165, 1.54) is 35.2 Å². The second-order valence-corrected chi connectivity index (χ2v) is 8.05. The summed E-state index contributed by atoms with van der Waals surface area (Å²) in [5.41, 5.74) is 0.749. The van der Waals surface area contributed by atoms with E-state index in [1.54, 1.807) is 42.0 Å². The van der Waals surface area contributed by atoms with Crippen molar-refractivity contribution in [2.24, 2.45) is 0 Å². The highest BCUT2D eigenvalue weighted by atomic mass is 32.1. The summed E-state index contributed by atoms with van der Waals surface area (Å²) in [5, 5.41) is 4.49. The van der Waals surface area contributed by atoms with Gasteiger partial charge in [0, 0.05) is 38.8 Å². The van der Waals surface area contributed by atoms with Crippen molar-refractivity contribution in [3.8, 4) is 0 Å². The Morgan fingerprint density at radius 3 is 2.68 bits per heavy atom. The van der Waals surface area contributed by atoms with E-state index in [1.807, 2.05) is 0 Å². The maximum atomic E-state index is 13.2. The van der Waals surface area contributed by atoms with Crippen molar-refractivity contribution in [1.82, 2.24) is 20.1 Å². The molecule has 31 heavy (non-hydrogen) atoms. The van der Waals surface area contributed by atoms with Crippen molar-refractivity contribution in [3.05, 3.63) is 52.5 Å². The average Bonchev–Trinajstić information content (AvgIpc) is 3.32. The lowest BCUT2D eigenvalue weighted by Gasteiger charge is -2.40. The van der Waals surface area contributed by atoms with E-state index in [9.17, 15) is 19.2 Å². The number of esters is 1. The molecule has 0 aliphatic carbocycles. The molecule has 2 aromatic heterocycles. The Morgan fingerprint density at radius 2 is 2.06 bits per heavy atom. The number of carbonyl (C=O) groups excluding carboxylic acids is 4. The van der Waals surface area contributed by atoms with Gasteiger partial charge >= 0.3 is 5.97 Å². The van der Waals surface area contributed by atoms with Crippen LogP contribution in [0.15, 0.2) is 42.0 Å². The van der Waals surface area contributed by atoms with Gasteiger partial charge in [-0.05, 0) is 23.1 Å². The number of ether oxygens (including phenoxy) is 1. The molecule has 3 amide bonds. The van der Waals surface area contributed by atoms with Crippen LogP contribution in [-0.2, 0) is 25.5 Å². The van der Waals surface area contributed by atoms with Crippen LogP contribution in [0.2, 0.25) is 0 Å². The minimum absolute atomic E-state index is 0.0546. The van der Waals surface area contributed by atoms with Gasteiger partial charge < -0.3 is 19.9 Å². The van der Waals surface area contributed by atoms with Gasteiger partial charge in [-0.1, -0.05) is 12.1 Å². The van der Waals surface area contributed by atoms with E-state index < -0.39 is 24.0 Å². The molecule has 0 saturated carbocycles. The highest BCUT2D eigenvalue weighted by Crippen LogP contribution is 2.18. The zero-order valence-corrected chi connectivity index (χ0v) is 18.1. The van der Waals surface area contributed by atoms with Crippen LogP contribution < -0.4 is 5.32 Å². The molecule has 0 bridgehead atoms. The molecule has 3 rings (SSSR count). The van der Waals surface area contributed by atoms with Gasteiger partial charge in [-0.2, -0.15) is 0 Å². The van der Waals surface area contributed by atoms with Gasteiger partial charge in [0.25, 0.3) is 5.91 Å². The number of pyridine rings is 1. The number of piperazine rings is 1. The number of aromatic nitrogens is 1. The quantitative estimate of drug-likeness (QED) is 0.658. The summed E-state index contributed by atoms with van der Waals surface area (Å²) in [7, 11) is 1.25. The number of nitrogens with one attached hydrogen (secondary N) is 1. The zero-order valence-electron chi connectivity index (χ0n) is 17.3. The van der Waals surface area contributed by atoms with Crippen LogP contribution in [0.5, 0.6) is 0 Å². The Morgan fingerprint density at radius 1 is 1.26 bits per heavy atom. The smallest absolute Gasteiger partial charge is 0.328 e. The highest BCUT2D eigenvalue weighted by molar-refractivity contribution is 7.12. The second kappa shape index (κ2) is 10.2. The Hall–Kier alpha value is -3.27. The van der Waals surface area contributed by atoms with Crippen LogP contribution >= 0.6 is 11.3 Å². The van der Waals surface area contributed by atoms with E-state index in [2.05, 4.69) is 10.3 Å². The Bertz CT molecular complexity index is 935. The number of hydrogen-bond acceptors (Lipinski definition) is 7. The summed E-state index contributed by atoms with van der Waals surface area (Å²) >= 11 is 1.29. The van der Waals surface area contributed by atoms with Crippen molar-refractivity contribution in [2.75, 3.05) is 26.7 Å². The predicted molar refractivity (Wildman–Crippen MR) is 113 cm³/mol. The maximum Gasteiger partial charge on any atom is 0.328 e. The normalized spacial score (nSPS) is 17.0. The van der Waals surface area contributed by atoms with Gasteiger partial charge in [0.1, 0.15) is 12.1 Å². The third-order valence-corrected chi connectivity index (χ3v) is 5.94. The van der Waals surface area contributed by atoms with Crippen molar-refractivity contribution in [2.45, 2.75) is 25.4 Å². The largest absolute Gasteiger partial charge is 0.467 e. The van der Waals surface area contributed by atoms with Crippen molar-refractivity contribution >= 4 is 35.0 Å². The molecule has 2 aromatic rings. The lowest BCUT2D eigenvalue weighted by atomic mass is 10.1. The van der Waals surface area contributed by atoms with Crippen LogP contribution in [0.4, 0.5) is 0 Å². The monoisotopic (exact) mass is 444 g/mol. The summed E-state index contributed by atoms with van der Waals surface area (Å²) in [6, 6.07) is 5.11. The van der Waals surface area contributed by atoms with Gasteiger partial charge in [0.15, 0.2) is 0 Å². The third-order valence-electron chi connectivity index (χ3n) is 5.09. The van der Waals surface area contributed by atoms with Crippen LogP contribution in [0.25, 0.3) is 0 Å². The lowest BCUT2D eigenvalue weighted by Crippen LogP contribution is -2.62. The van der Waals surface area contributed by atoms with E-state index in [0.29, 0.717) is 11.4 Å². The number of carbonyl (C=O) groups is 4. The molecular formula is C21H24N4O5S. The minimum Gasteiger partial charge on any atom is -0.467 e. The van der Waals surface area contributed by atoms with Gasteiger partial charge in [-0.15, -0.1) is 11.3 Å². The third kappa shape index (κ3) is 5.46. The van der Waals surface area contributed by atoms with E-state index in [-0.39, 0.29) is 31.3 Å². The van der Waals surface area contributed by atoms with E-state index in [0.717, 1.165) is 5.56 Å². The summed E-state index contributed by atoms with van der Waals surface area (Å²) < 4.78 is 4.85. The number of nitrogens with zero attached hydrogens (tertiary/aromatic N) is 3. The second-order valence-electron chi connectivity index (χ2n) is 7.11. The lowest BCUT2D eigenvalue weighted by molar-refractivity contribution is -0.146. The minimum atomic E-state index is -0.951. The van der Waals surface area contributed by atoms with Crippen molar-refractivity contribution in [3.63, 3.8) is 0 Å². The predicted octanol–water partition coefficient (Wildman–Crippen LogP) is 0.716. The average molecular weight is 445 g/mol. The first kappa shape index (κ1) is 22.4. The highest BCUT2D eigenvalue weighted by Gasteiger charge is 2.38. The van der Waals surface area contributed by atoms with Crippen molar-refractivity contribution < 1.29 is 23.9 Å². The van der Waals surface area contributed by atoms with Gasteiger partial charge in [-0.25, -0.2) is 4.79 Å². The number of methoxy groups -OCH3 is 1. The number of amides is 3. The standard InChI is InChI=1S/C21H24N4O5S/c1-14(26)24-8-9-25(20(28)18-6-4-10-31-18)17(13-24)19(27)23-16(21(29)30-2)11-15-5-3-7-22-12-15/h3-7,10,12,16-17H,8-9,11,13H2,1-2H3,(H,23,27)/t16-,17-/m1/s1. The fraction of sp³-hybridized carbons (Fsp3) is 0.381. The molecule has 1 aliphatic rings. The molecular weight excluding hydrogens is 420 g/mol. The SMILES string of the molecule is COC(=O)[C@@H](Cc1cccnc1)NC(=O)[C@H]1CN(C(C)=O)CCN1C(=O)c1cccs1. The number of rotatable bonds is 6. The molecule has 0 radical (unpaired) electrons. The van der Waals surface area contributed by atoms with Crippen LogP contribution in [0, 0.1) is 0 Å². The van der Waals surface area contributed by atoms with Crippen LogP contribution in [0.3, 0.4) is 0 Å². The molecule has 164 valence electrons. The summed E-state index contributed by atoms with van der Waals surface area (Å²) in [6.07, 6.45) is 3.41. The van der Waals surface area contributed by atoms with Crippen LogP contribution in [0.1, 0.15) is 22.2 Å². The molecule has 0 unspecified atom stereocenters. The fourth-order valence-corrected chi connectivity index (χ4v) is 4.12. The zero-order chi connectivity index (χ0) is 22.4. The molecule has 0 spiro atoms. The fourth-order valence-electron chi connectivity index (χ4n) is 3.44. The van der Waals surface area contributed by atoms with Crippen molar-refractivity contribution in [1.29, 1.82) is 0 Å². The first-order valence-electron chi connectivity index (χ1n) is 9.77. The van der Waals surface area contributed by atoms with E-state index in [4.69, 9.17) is 4.74 Å². The number of thiophene rings is 1. The van der Waals surface area contributed by atoms with Gasteiger partial charge in [-0.3, -0.25) is 19.4 Å². The summed E-state index contributed by atoms with van der Waals surface area (Å²) in [4.78, 5) is 57.9. The van der Waals surface area contributed by atoms with E-state index >= 15 is 0 Å². The van der Waals surface area contributed by atoms with Crippen LogP contribution in [-0.4, -0.2) is 77.3 Å². The van der Waals surface area contributed by atoms with Gasteiger partial charge in [0.05, 0.1) is 18.5 Å². The molecule has 3 heterocycles. The Balaban J connectivity index is 1.81. The first-order valence-corrected chi connectivity index (χ1v) is 10.7. The summed E-state index contributed by atoms with van der Waals surface area (Å²) in [5.74, 6) is -1.58. The Labute approximate surface area is 184 Å². The van der Waals surface area contributed by atoms with Gasteiger partial charge in [0.2, 0.25) is 11.8 Å². The Kier molecular flexibility index (Phi) is 7.35. The number of hydrogen-bond donors (Lipinski definition) is 1. The summed E-state index contributed by atoms with van der Waals surface area (Å²) in [6.45, 7) is 2.04. The molecule has 1 saturated heterocycles. The molecule has 0 aromatic carbocycles. The topological polar surface area (TPSA) is 109 Å². The molecule has 1 fully saturated rings. The molecule has 1 aliphatic heterocycles. The molecule has 10 heteroatoms. The molecule has 1 N–H and O–H groups in total. The maximum absolute atomic E-state index is 13.2.